The number of nitrogens with one attached hydrogen (secondary N) is 1. The smallest absolute Gasteiger partial charge is 0.0595 e. The zero-order valence-electron chi connectivity index (χ0n) is 11.9. The second-order valence-electron chi connectivity index (χ2n) is 4.96. The Morgan fingerprint density at radius 3 is 2.29 bits per heavy atom. The molecule has 0 amide bonds. The second-order valence-corrected chi connectivity index (χ2v) is 6.22. The molecule has 0 saturated heterocycles. The molecule has 112 valence electrons. The van der Waals surface area contributed by atoms with Crippen LogP contribution in [-0.2, 0) is 6.42 Å². The first kappa shape index (κ1) is 16.6. The summed E-state index contributed by atoms with van der Waals surface area (Å²) in [5.74, 6) is 0. The molecular weight excluding hydrogens is 325 g/mol. The maximum Gasteiger partial charge on any atom is 0.0595 e. The minimum absolute atomic E-state index is 0.284. The van der Waals surface area contributed by atoms with Gasteiger partial charge in [0.25, 0.3) is 0 Å². The summed E-state index contributed by atoms with van der Waals surface area (Å²) >= 11 is 17.9. The lowest BCUT2D eigenvalue weighted by atomic mass is 10.0. The Hall–Kier alpha value is -0.730. The number of hydrogen-bond acceptors (Lipinski definition) is 1. The molecule has 0 radical (unpaired) electrons. The van der Waals surface area contributed by atoms with Crippen LogP contribution < -0.4 is 5.32 Å². The van der Waals surface area contributed by atoms with Gasteiger partial charge in [0.05, 0.1) is 10.0 Å². The van der Waals surface area contributed by atoms with E-state index in [2.05, 4.69) is 24.4 Å². The van der Waals surface area contributed by atoms with Gasteiger partial charge in [-0.1, -0.05) is 59.9 Å². The molecule has 1 nitrogen and oxygen atoms in total. The molecule has 1 N–H and O–H groups in total. The van der Waals surface area contributed by atoms with Crippen LogP contribution in [0, 0.1) is 0 Å². The molecule has 2 aromatic carbocycles. The van der Waals surface area contributed by atoms with Crippen molar-refractivity contribution in [1.82, 2.24) is 5.32 Å². The van der Waals surface area contributed by atoms with Crippen LogP contribution in [0.5, 0.6) is 0 Å². The average Bonchev–Trinajstić information content (AvgIpc) is 2.49. The van der Waals surface area contributed by atoms with E-state index in [4.69, 9.17) is 34.8 Å². The summed E-state index contributed by atoms with van der Waals surface area (Å²) < 4.78 is 0. The molecule has 0 bridgehead atoms. The van der Waals surface area contributed by atoms with Crippen molar-refractivity contribution in [1.29, 1.82) is 0 Å². The average molecular weight is 343 g/mol. The highest BCUT2D eigenvalue weighted by Gasteiger charge is 2.10. The molecule has 0 fully saturated rings. The molecule has 21 heavy (non-hydrogen) atoms. The molecule has 0 saturated carbocycles. The van der Waals surface area contributed by atoms with E-state index in [1.807, 2.05) is 30.3 Å². The first-order valence-electron chi connectivity index (χ1n) is 7.03. The SMILES string of the molecule is CCC(NCCc1ccc(Cl)cc1)c1ccc(Cl)c(Cl)c1. The van der Waals surface area contributed by atoms with Gasteiger partial charge in [0.1, 0.15) is 0 Å². The highest BCUT2D eigenvalue weighted by atomic mass is 35.5. The summed E-state index contributed by atoms with van der Waals surface area (Å²) in [5.41, 5.74) is 2.44. The third kappa shape index (κ3) is 4.89. The molecule has 2 aromatic rings. The van der Waals surface area contributed by atoms with E-state index in [-0.39, 0.29) is 6.04 Å². The maximum absolute atomic E-state index is 6.09. The zero-order valence-corrected chi connectivity index (χ0v) is 14.1. The van der Waals surface area contributed by atoms with Crippen LogP contribution in [0.4, 0.5) is 0 Å². The van der Waals surface area contributed by atoms with E-state index in [1.165, 1.54) is 11.1 Å². The Kier molecular flexibility index (Phi) is 6.38. The molecule has 0 aliphatic carbocycles. The van der Waals surface area contributed by atoms with Crippen molar-refractivity contribution < 1.29 is 0 Å². The van der Waals surface area contributed by atoms with Crippen LogP contribution in [0.1, 0.15) is 30.5 Å². The minimum atomic E-state index is 0.284. The summed E-state index contributed by atoms with van der Waals surface area (Å²) in [6.45, 7) is 3.06. The molecule has 0 aliphatic heterocycles. The van der Waals surface area contributed by atoms with Crippen LogP contribution in [0.15, 0.2) is 42.5 Å². The van der Waals surface area contributed by atoms with E-state index in [0.29, 0.717) is 10.0 Å². The Balaban J connectivity index is 1.93. The van der Waals surface area contributed by atoms with Crippen LogP contribution in [0.25, 0.3) is 0 Å². The van der Waals surface area contributed by atoms with Gasteiger partial charge in [-0.25, -0.2) is 0 Å². The quantitative estimate of drug-likeness (QED) is 0.686. The predicted molar refractivity (Wildman–Crippen MR) is 92.7 cm³/mol. The standard InChI is InChI=1S/C17H18Cl3N/c1-2-17(13-5-8-15(19)16(20)11-13)21-10-9-12-3-6-14(18)7-4-12/h3-8,11,17,21H,2,9-10H2,1H3. The van der Waals surface area contributed by atoms with E-state index in [9.17, 15) is 0 Å². The van der Waals surface area contributed by atoms with Gasteiger partial charge >= 0.3 is 0 Å². The van der Waals surface area contributed by atoms with E-state index in [0.717, 1.165) is 24.4 Å². The first-order valence-corrected chi connectivity index (χ1v) is 8.16. The van der Waals surface area contributed by atoms with Crippen molar-refractivity contribution in [3.8, 4) is 0 Å². The van der Waals surface area contributed by atoms with Crippen molar-refractivity contribution in [3.63, 3.8) is 0 Å². The van der Waals surface area contributed by atoms with Gasteiger partial charge in [-0.2, -0.15) is 0 Å². The zero-order chi connectivity index (χ0) is 15.2. The number of benzene rings is 2. The molecule has 0 aromatic heterocycles. The lowest BCUT2D eigenvalue weighted by molar-refractivity contribution is 0.523. The molecule has 0 spiro atoms. The van der Waals surface area contributed by atoms with Gasteiger partial charge in [0.2, 0.25) is 0 Å². The first-order chi connectivity index (χ1) is 10.1. The summed E-state index contributed by atoms with van der Waals surface area (Å²) in [6, 6.07) is 14.1. The highest BCUT2D eigenvalue weighted by Crippen LogP contribution is 2.26. The van der Waals surface area contributed by atoms with Crippen molar-refractivity contribution >= 4 is 34.8 Å². The molecule has 2 rings (SSSR count). The fourth-order valence-electron chi connectivity index (χ4n) is 2.27. The monoisotopic (exact) mass is 341 g/mol. The van der Waals surface area contributed by atoms with Crippen LogP contribution in [-0.4, -0.2) is 6.54 Å². The fourth-order valence-corrected chi connectivity index (χ4v) is 2.70. The van der Waals surface area contributed by atoms with Gasteiger partial charge in [0.15, 0.2) is 0 Å². The van der Waals surface area contributed by atoms with Crippen LogP contribution in [0.3, 0.4) is 0 Å². The molecule has 1 atom stereocenters. The van der Waals surface area contributed by atoms with Crippen molar-refractivity contribution in [2.75, 3.05) is 6.54 Å². The summed E-state index contributed by atoms with van der Waals surface area (Å²) in [6.07, 6.45) is 1.97. The molecular formula is C17H18Cl3N. The third-order valence-corrected chi connectivity index (χ3v) is 4.46. The normalized spacial score (nSPS) is 12.4. The van der Waals surface area contributed by atoms with Gasteiger partial charge in [-0.15, -0.1) is 0 Å². The van der Waals surface area contributed by atoms with Crippen molar-refractivity contribution in [3.05, 3.63) is 68.7 Å². The number of rotatable bonds is 6. The van der Waals surface area contributed by atoms with Gasteiger partial charge in [0, 0.05) is 11.1 Å². The fraction of sp³-hybridized carbons (Fsp3) is 0.294. The summed E-state index contributed by atoms with van der Waals surface area (Å²) in [7, 11) is 0. The van der Waals surface area contributed by atoms with E-state index < -0.39 is 0 Å². The molecule has 4 heteroatoms. The largest absolute Gasteiger partial charge is 0.310 e. The molecule has 0 aliphatic rings. The summed E-state index contributed by atoms with van der Waals surface area (Å²) in [5, 5.41) is 5.53. The van der Waals surface area contributed by atoms with Crippen LogP contribution >= 0.6 is 34.8 Å². The highest BCUT2D eigenvalue weighted by molar-refractivity contribution is 6.42. The number of hydrogen-bond donors (Lipinski definition) is 1. The minimum Gasteiger partial charge on any atom is -0.310 e. The Bertz CT molecular complexity index is 581. The van der Waals surface area contributed by atoms with Gasteiger partial charge < -0.3 is 5.32 Å². The van der Waals surface area contributed by atoms with Crippen LogP contribution in [0.2, 0.25) is 15.1 Å². The topological polar surface area (TPSA) is 12.0 Å². The van der Waals surface area contributed by atoms with Crippen molar-refractivity contribution in [2.45, 2.75) is 25.8 Å². The predicted octanol–water partition coefficient (Wildman–Crippen LogP) is 5.93. The second kappa shape index (κ2) is 8.05. The Morgan fingerprint density at radius 1 is 0.952 bits per heavy atom. The van der Waals surface area contributed by atoms with E-state index >= 15 is 0 Å². The molecule has 1 unspecified atom stereocenters. The Morgan fingerprint density at radius 2 is 1.67 bits per heavy atom. The van der Waals surface area contributed by atoms with E-state index in [1.54, 1.807) is 0 Å². The Labute approximate surface area is 141 Å². The summed E-state index contributed by atoms with van der Waals surface area (Å²) in [4.78, 5) is 0. The van der Waals surface area contributed by atoms with Gasteiger partial charge in [-0.05, 0) is 54.8 Å². The lowest BCUT2D eigenvalue weighted by Crippen LogP contribution is -2.23. The van der Waals surface area contributed by atoms with Crippen molar-refractivity contribution in [2.24, 2.45) is 0 Å². The third-order valence-electron chi connectivity index (χ3n) is 3.47. The van der Waals surface area contributed by atoms with Gasteiger partial charge in [-0.3, -0.25) is 0 Å². The molecule has 0 heterocycles. The lowest BCUT2D eigenvalue weighted by Gasteiger charge is -2.18. The number of halogens is 3. The maximum atomic E-state index is 6.09.